The van der Waals surface area contributed by atoms with Crippen LogP contribution in [0.5, 0.6) is 0 Å². The highest BCUT2D eigenvalue weighted by atomic mass is 16.5. The zero-order chi connectivity index (χ0) is 24.0. The van der Waals surface area contributed by atoms with Crippen molar-refractivity contribution in [2.24, 2.45) is 5.92 Å². The fourth-order valence-corrected chi connectivity index (χ4v) is 4.12. The first kappa shape index (κ1) is 23.8. The van der Waals surface area contributed by atoms with Gasteiger partial charge < -0.3 is 20.1 Å². The number of carboxylic acids is 1. The van der Waals surface area contributed by atoms with Crippen LogP contribution in [0, 0.1) is 17.2 Å². The van der Waals surface area contributed by atoms with Crippen molar-refractivity contribution in [1.82, 2.24) is 10.2 Å². The van der Waals surface area contributed by atoms with Gasteiger partial charge in [-0.25, -0.2) is 4.79 Å². The molecule has 0 saturated heterocycles. The summed E-state index contributed by atoms with van der Waals surface area (Å²) in [4.78, 5) is 37.7. The van der Waals surface area contributed by atoms with Crippen LogP contribution in [0.4, 0.5) is 4.79 Å². The zero-order valence-corrected chi connectivity index (χ0v) is 18.7. The van der Waals surface area contributed by atoms with E-state index in [1.807, 2.05) is 54.6 Å². The molecule has 0 spiro atoms. The number of hydrogen-bond acceptors (Lipinski definition) is 5. The van der Waals surface area contributed by atoms with Crippen molar-refractivity contribution in [1.29, 1.82) is 5.26 Å². The highest BCUT2D eigenvalue weighted by Gasteiger charge is 2.30. The van der Waals surface area contributed by atoms with Crippen LogP contribution in [-0.2, 0) is 14.3 Å². The van der Waals surface area contributed by atoms with E-state index >= 15 is 0 Å². The maximum absolute atomic E-state index is 12.8. The number of ether oxygens (including phenoxy) is 1. The Morgan fingerprint density at radius 2 is 1.70 bits per heavy atom. The Hall–Kier alpha value is -3.86. The van der Waals surface area contributed by atoms with Crippen LogP contribution in [0.15, 0.2) is 48.5 Å². The van der Waals surface area contributed by atoms with Crippen molar-refractivity contribution in [2.45, 2.75) is 31.7 Å². The predicted octanol–water partition coefficient (Wildman–Crippen LogP) is 3.38. The quantitative estimate of drug-likeness (QED) is 0.606. The number of carbonyl (C=O) groups is 3. The fraction of sp³-hybridized carbons (Fsp3) is 0.360. The van der Waals surface area contributed by atoms with Crippen molar-refractivity contribution in [2.75, 3.05) is 20.2 Å². The number of rotatable bonds is 9. The summed E-state index contributed by atoms with van der Waals surface area (Å²) in [5, 5.41) is 20.5. The van der Waals surface area contributed by atoms with Gasteiger partial charge in [0.1, 0.15) is 12.6 Å². The number of carboxylic acid groups (broad SMARTS) is 1. The Kier molecular flexibility index (Phi) is 7.67. The van der Waals surface area contributed by atoms with Crippen LogP contribution in [0.2, 0.25) is 0 Å². The molecule has 0 saturated carbocycles. The van der Waals surface area contributed by atoms with Gasteiger partial charge in [0, 0.05) is 25.9 Å². The highest BCUT2D eigenvalue weighted by Crippen LogP contribution is 2.44. The van der Waals surface area contributed by atoms with Crippen molar-refractivity contribution >= 4 is 18.0 Å². The third-order valence-electron chi connectivity index (χ3n) is 5.73. The minimum absolute atomic E-state index is 0.0797. The molecule has 8 nitrogen and oxygen atoms in total. The predicted molar refractivity (Wildman–Crippen MR) is 121 cm³/mol. The molecule has 2 unspecified atom stereocenters. The second-order valence-corrected chi connectivity index (χ2v) is 8.20. The minimum atomic E-state index is -1.07. The van der Waals surface area contributed by atoms with Gasteiger partial charge in [0.25, 0.3) is 0 Å². The van der Waals surface area contributed by atoms with E-state index < -0.39 is 29.9 Å². The van der Waals surface area contributed by atoms with E-state index in [2.05, 4.69) is 5.32 Å². The van der Waals surface area contributed by atoms with E-state index in [-0.39, 0.29) is 31.9 Å². The zero-order valence-electron chi connectivity index (χ0n) is 18.7. The van der Waals surface area contributed by atoms with Crippen molar-refractivity contribution < 1.29 is 24.2 Å². The summed E-state index contributed by atoms with van der Waals surface area (Å²) < 4.78 is 5.49. The van der Waals surface area contributed by atoms with Crippen LogP contribution in [0.25, 0.3) is 11.1 Å². The molecule has 1 aliphatic rings. The Morgan fingerprint density at radius 3 is 2.24 bits per heavy atom. The smallest absolute Gasteiger partial charge is 0.407 e. The summed E-state index contributed by atoms with van der Waals surface area (Å²) in [5.74, 6) is -2.06. The number of alkyl carbamates (subject to hydrolysis) is 1. The van der Waals surface area contributed by atoms with Gasteiger partial charge in [0.15, 0.2) is 0 Å². The van der Waals surface area contributed by atoms with Gasteiger partial charge in [0.2, 0.25) is 5.91 Å². The largest absolute Gasteiger partial charge is 0.481 e. The van der Waals surface area contributed by atoms with Crippen molar-refractivity contribution in [3.05, 3.63) is 59.7 Å². The number of benzene rings is 2. The van der Waals surface area contributed by atoms with E-state index in [0.29, 0.717) is 0 Å². The van der Waals surface area contributed by atoms with Gasteiger partial charge >= 0.3 is 12.1 Å². The van der Waals surface area contributed by atoms with E-state index in [4.69, 9.17) is 15.1 Å². The summed E-state index contributed by atoms with van der Waals surface area (Å²) in [6, 6.07) is 16.9. The number of nitrogens with one attached hydrogen (secondary N) is 1. The number of nitrogens with zero attached hydrogens (tertiary/aromatic N) is 2. The van der Waals surface area contributed by atoms with Gasteiger partial charge in [0.05, 0.1) is 12.0 Å². The molecule has 0 aliphatic heterocycles. The maximum Gasteiger partial charge on any atom is 0.407 e. The summed E-state index contributed by atoms with van der Waals surface area (Å²) >= 11 is 0. The van der Waals surface area contributed by atoms with Crippen LogP contribution in [0.1, 0.15) is 36.8 Å². The topological polar surface area (TPSA) is 120 Å². The molecule has 8 heteroatoms. The monoisotopic (exact) mass is 449 g/mol. The molecule has 0 heterocycles. The molecule has 3 rings (SSSR count). The molecule has 2 aromatic rings. The maximum atomic E-state index is 12.8. The Bertz CT molecular complexity index is 1030. The number of hydrogen-bond donors (Lipinski definition) is 2. The van der Waals surface area contributed by atoms with E-state index in [1.54, 1.807) is 6.92 Å². The van der Waals surface area contributed by atoms with E-state index in [9.17, 15) is 14.4 Å². The first-order valence-electron chi connectivity index (χ1n) is 10.8. The Morgan fingerprint density at radius 1 is 1.12 bits per heavy atom. The average molecular weight is 450 g/mol. The summed E-state index contributed by atoms with van der Waals surface area (Å²) in [6.07, 6.45) is -1.16. The van der Waals surface area contributed by atoms with Gasteiger partial charge in [-0.15, -0.1) is 0 Å². The molecule has 2 atom stereocenters. The molecule has 0 bridgehead atoms. The van der Waals surface area contributed by atoms with E-state index in [1.165, 1.54) is 11.9 Å². The molecule has 2 N–H and O–H groups in total. The summed E-state index contributed by atoms with van der Waals surface area (Å²) in [6.45, 7) is 1.93. The number of amides is 2. The summed E-state index contributed by atoms with van der Waals surface area (Å²) in [5.41, 5.74) is 4.33. The Labute approximate surface area is 192 Å². The standard InChI is InChI=1S/C25H27N3O5/c1-16(13-26)14-28(2)24(31)22(11-12-23(29)30)27-25(32)33-15-21-19-9-5-3-7-17(19)18-8-4-6-10-20(18)21/h3-10,16,21-22H,11-12,14-15H2,1-2H3,(H,27,32)(H,29,30). The normalized spacial score (nSPS) is 13.7. The molecule has 2 aromatic carbocycles. The number of fused-ring (bicyclic) bond motifs is 3. The van der Waals surface area contributed by atoms with E-state index in [0.717, 1.165) is 22.3 Å². The lowest BCUT2D eigenvalue weighted by molar-refractivity contribution is -0.137. The third-order valence-corrected chi connectivity index (χ3v) is 5.73. The number of nitriles is 1. The van der Waals surface area contributed by atoms with Gasteiger partial charge in [-0.3, -0.25) is 9.59 Å². The lowest BCUT2D eigenvalue weighted by Crippen LogP contribution is -2.48. The first-order valence-corrected chi connectivity index (χ1v) is 10.8. The molecule has 33 heavy (non-hydrogen) atoms. The van der Waals surface area contributed by atoms with Crippen LogP contribution >= 0.6 is 0 Å². The lowest BCUT2D eigenvalue weighted by Gasteiger charge is -2.25. The molecule has 0 aromatic heterocycles. The first-order chi connectivity index (χ1) is 15.8. The summed E-state index contributed by atoms with van der Waals surface area (Å²) in [7, 11) is 1.52. The van der Waals surface area contributed by atoms with Crippen LogP contribution in [0.3, 0.4) is 0 Å². The fourth-order valence-electron chi connectivity index (χ4n) is 4.12. The molecule has 0 radical (unpaired) electrons. The molecular formula is C25H27N3O5. The van der Waals surface area contributed by atoms with Crippen molar-refractivity contribution in [3.8, 4) is 17.2 Å². The number of carbonyl (C=O) groups excluding carboxylic acids is 2. The average Bonchev–Trinajstić information content (AvgIpc) is 3.13. The second kappa shape index (κ2) is 10.6. The molecular weight excluding hydrogens is 422 g/mol. The van der Waals surface area contributed by atoms with Gasteiger partial charge in [-0.05, 0) is 35.6 Å². The molecule has 1 aliphatic carbocycles. The SMILES string of the molecule is CC(C#N)CN(C)C(=O)C(CCC(=O)O)NC(=O)OCC1c2ccccc2-c2ccccc21. The minimum Gasteiger partial charge on any atom is -0.481 e. The highest BCUT2D eigenvalue weighted by molar-refractivity contribution is 5.86. The molecule has 2 amide bonds. The van der Waals surface area contributed by atoms with Crippen LogP contribution in [-0.4, -0.2) is 54.2 Å². The van der Waals surface area contributed by atoms with Crippen molar-refractivity contribution in [3.63, 3.8) is 0 Å². The Balaban J connectivity index is 1.67. The van der Waals surface area contributed by atoms with Gasteiger partial charge in [-0.1, -0.05) is 48.5 Å². The third kappa shape index (κ3) is 5.69. The van der Waals surface area contributed by atoms with Crippen LogP contribution < -0.4 is 5.32 Å². The van der Waals surface area contributed by atoms with Gasteiger partial charge in [-0.2, -0.15) is 5.26 Å². The second-order valence-electron chi connectivity index (χ2n) is 8.20. The number of likely N-dealkylation sites (N-methyl/N-ethyl adjacent to an activating group) is 1. The molecule has 0 fully saturated rings. The number of aliphatic carboxylic acids is 1. The lowest BCUT2D eigenvalue weighted by atomic mass is 9.98. The molecule has 172 valence electrons.